The smallest absolute Gasteiger partial charge is 0.276 e. The van der Waals surface area contributed by atoms with Crippen LogP contribution < -0.4 is 20.9 Å². The molecule has 3 aromatic carbocycles. The molecule has 3 N–H and O–H groups in total. The monoisotopic (exact) mass is 493 g/mol. The van der Waals surface area contributed by atoms with Gasteiger partial charge in [0.25, 0.3) is 17.7 Å². The van der Waals surface area contributed by atoms with Crippen molar-refractivity contribution in [2.24, 2.45) is 0 Å². The first kappa shape index (κ1) is 25.8. The van der Waals surface area contributed by atoms with Crippen LogP contribution in [0.15, 0.2) is 66.7 Å². The molecule has 182 valence electrons. The van der Waals surface area contributed by atoms with Gasteiger partial charge in [-0.3, -0.25) is 25.2 Å². The lowest BCUT2D eigenvalue weighted by molar-refractivity contribution is -0.123. The molecule has 3 rings (SSSR count). The molecule has 0 saturated carbocycles. The van der Waals surface area contributed by atoms with Crippen LogP contribution in [-0.4, -0.2) is 24.3 Å². The Bertz CT molecular complexity index is 1220. The lowest BCUT2D eigenvalue weighted by Gasteiger charge is -2.19. The molecule has 3 amide bonds. The fourth-order valence-corrected chi connectivity index (χ4v) is 3.24. The molecule has 3 aromatic rings. The van der Waals surface area contributed by atoms with Crippen molar-refractivity contribution >= 4 is 35.0 Å². The van der Waals surface area contributed by atoms with Gasteiger partial charge in [-0.25, -0.2) is 0 Å². The van der Waals surface area contributed by atoms with Gasteiger partial charge >= 0.3 is 0 Å². The van der Waals surface area contributed by atoms with Crippen molar-refractivity contribution in [2.75, 3.05) is 11.9 Å². The maximum Gasteiger partial charge on any atom is 0.276 e. The number of ether oxygens (including phenoxy) is 1. The van der Waals surface area contributed by atoms with Crippen LogP contribution in [0.5, 0.6) is 5.75 Å². The van der Waals surface area contributed by atoms with Gasteiger partial charge in [0.2, 0.25) is 0 Å². The predicted octanol–water partition coefficient (Wildman–Crippen LogP) is 5.04. The Morgan fingerprint density at radius 2 is 1.43 bits per heavy atom. The fraction of sp³-hybridized carbons (Fsp3) is 0.222. The summed E-state index contributed by atoms with van der Waals surface area (Å²) in [5, 5.41) is 3.41. The number of hydrogen-bond donors (Lipinski definition) is 3. The second kappa shape index (κ2) is 11.1. The second-order valence-corrected chi connectivity index (χ2v) is 9.47. The molecule has 0 unspecified atom stereocenters. The minimum Gasteiger partial charge on any atom is -0.484 e. The highest BCUT2D eigenvalue weighted by molar-refractivity contribution is 6.31. The normalized spacial score (nSPS) is 10.9. The average Bonchev–Trinajstić information content (AvgIpc) is 2.83. The molecule has 0 aliphatic heterocycles. The van der Waals surface area contributed by atoms with E-state index in [0.29, 0.717) is 27.6 Å². The van der Waals surface area contributed by atoms with Crippen LogP contribution in [-0.2, 0) is 10.2 Å². The standard InChI is InChI=1S/C27H28ClN3O4/c1-17-15-22(13-14-23(17)28)35-16-24(32)30-31-26(34)19-7-11-21(12-8-19)29-25(33)18-5-9-20(10-6-18)27(2,3)4/h5-15H,16H2,1-4H3,(H,29,33)(H,30,32)(H,31,34). The van der Waals surface area contributed by atoms with E-state index in [2.05, 4.69) is 36.9 Å². The number of benzene rings is 3. The maximum atomic E-state index is 12.5. The van der Waals surface area contributed by atoms with Gasteiger partial charge in [0, 0.05) is 21.8 Å². The number of carbonyl (C=O) groups excluding carboxylic acids is 3. The van der Waals surface area contributed by atoms with E-state index in [1.165, 1.54) is 0 Å². The van der Waals surface area contributed by atoms with Crippen LogP contribution in [0.3, 0.4) is 0 Å². The van der Waals surface area contributed by atoms with Gasteiger partial charge in [-0.2, -0.15) is 0 Å². The van der Waals surface area contributed by atoms with Crippen LogP contribution in [0.4, 0.5) is 5.69 Å². The Labute approximate surface area is 209 Å². The topological polar surface area (TPSA) is 96.5 Å². The molecule has 0 fully saturated rings. The Kier molecular flexibility index (Phi) is 8.14. The third-order valence-electron chi connectivity index (χ3n) is 5.23. The van der Waals surface area contributed by atoms with E-state index in [-0.39, 0.29) is 17.9 Å². The number of nitrogens with one attached hydrogen (secondary N) is 3. The molecular formula is C27H28ClN3O4. The first-order chi connectivity index (χ1) is 16.5. The molecule has 35 heavy (non-hydrogen) atoms. The molecule has 0 bridgehead atoms. The summed E-state index contributed by atoms with van der Waals surface area (Å²) in [6, 6.07) is 18.8. The first-order valence-corrected chi connectivity index (χ1v) is 11.4. The molecule has 0 radical (unpaired) electrons. The van der Waals surface area contributed by atoms with E-state index in [1.807, 2.05) is 19.1 Å². The summed E-state index contributed by atoms with van der Waals surface area (Å²) < 4.78 is 5.39. The largest absolute Gasteiger partial charge is 0.484 e. The quantitative estimate of drug-likeness (QED) is 0.419. The third-order valence-corrected chi connectivity index (χ3v) is 5.66. The summed E-state index contributed by atoms with van der Waals surface area (Å²) in [5.74, 6) is -0.773. The number of hydrogen-bond acceptors (Lipinski definition) is 4. The minimum absolute atomic E-state index is 0.00767. The van der Waals surface area contributed by atoms with Gasteiger partial charge in [0.15, 0.2) is 6.61 Å². The zero-order valence-corrected chi connectivity index (χ0v) is 20.8. The van der Waals surface area contributed by atoms with Crippen molar-refractivity contribution in [1.82, 2.24) is 10.9 Å². The molecule has 7 nitrogen and oxygen atoms in total. The maximum absolute atomic E-state index is 12.5. The number of amides is 3. The van der Waals surface area contributed by atoms with Crippen LogP contribution in [0.2, 0.25) is 5.02 Å². The number of rotatable bonds is 6. The molecule has 0 saturated heterocycles. The summed E-state index contributed by atoms with van der Waals surface area (Å²) in [7, 11) is 0. The Balaban J connectivity index is 1.48. The van der Waals surface area contributed by atoms with Crippen LogP contribution >= 0.6 is 11.6 Å². The molecule has 0 spiro atoms. The van der Waals surface area contributed by atoms with E-state index in [4.69, 9.17) is 16.3 Å². The number of hydrazine groups is 1. The highest BCUT2D eigenvalue weighted by Gasteiger charge is 2.15. The van der Waals surface area contributed by atoms with Crippen molar-refractivity contribution < 1.29 is 19.1 Å². The molecule has 0 aliphatic carbocycles. The first-order valence-electron chi connectivity index (χ1n) is 11.0. The SMILES string of the molecule is Cc1cc(OCC(=O)NNC(=O)c2ccc(NC(=O)c3ccc(C(C)(C)C)cc3)cc2)ccc1Cl. The number of carbonyl (C=O) groups is 3. The van der Waals surface area contributed by atoms with E-state index in [1.54, 1.807) is 54.6 Å². The molecule has 8 heteroatoms. The second-order valence-electron chi connectivity index (χ2n) is 9.06. The zero-order chi connectivity index (χ0) is 25.6. The highest BCUT2D eigenvalue weighted by atomic mass is 35.5. The van der Waals surface area contributed by atoms with E-state index < -0.39 is 11.8 Å². The number of anilines is 1. The molecule has 0 atom stereocenters. The third kappa shape index (κ3) is 7.32. The summed E-state index contributed by atoms with van der Waals surface area (Å²) >= 11 is 5.96. The van der Waals surface area contributed by atoms with E-state index >= 15 is 0 Å². The Morgan fingerprint density at radius 3 is 2.03 bits per heavy atom. The van der Waals surface area contributed by atoms with Gasteiger partial charge < -0.3 is 10.1 Å². The van der Waals surface area contributed by atoms with E-state index in [9.17, 15) is 14.4 Å². The molecule has 0 heterocycles. The summed E-state index contributed by atoms with van der Waals surface area (Å²) in [4.78, 5) is 36.8. The van der Waals surface area contributed by atoms with Crippen molar-refractivity contribution in [3.63, 3.8) is 0 Å². The van der Waals surface area contributed by atoms with Gasteiger partial charge in [0.1, 0.15) is 5.75 Å². The Hall–Kier alpha value is -3.84. The van der Waals surface area contributed by atoms with E-state index in [0.717, 1.165) is 11.1 Å². The van der Waals surface area contributed by atoms with Gasteiger partial charge in [0.05, 0.1) is 0 Å². The molecule has 0 aliphatic rings. The summed E-state index contributed by atoms with van der Waals surface area (Å²) in [6.07, 6.45) is 0. The molecular weight excluding hydrogens is 466 g/mol. The van der Waals surface area contributed by atoms with Crippen LogP contribution in [0.1, 0.15) is 52.6 Å². The fourth-order valence-electron chi connectivity index (χ4n) is 3.12. The van der Waals surface area contributed by atoms with Crippen molar-refractivity contribution in [1.29, 1.82) is 0 Å². The zero-order valence-electron chi connectivity index (χ0n) is 20.1. The van der Waals surface area contributed by atoms with Gasteiger partial charge in [-0.05, 0) is 78.1 Å². The van der Waals surface area contributed by atoms with Crippen LogP contribution in [0.25, 0.3) is 0 Å². The number of aryl methyl sites for hydroxylation is 1. The van der Waals surface area contributed by atoms with Gasteiger partial charge in [-0.1, -0.05) is 44.5 Å². The summed E-state index contributed by atoms with van der Waals surface area (Å²) in [6.45, 7) is 7.89. The van der Waals surface area contributed by atoms with Crippen molar-refractivity contribution in [2.45, 2.75) is 33.1 Å². The average molecular weight is 494 g/mol. The lowest BCUT2D eigenvalue weighted by atomic mass is 9.87. The number of halogens is 1. The predicted molar refractivity (Wildman–Crippen MR) is 137 cm³/mol. The lowest BCUT2D eigenvalue weighted by Crippen LogP contribution is -2.43. The molecule has 0 aromatic heterocycles. The van der Waals surface area contributed by atoms with Crippen LogP contribution in [0, 0.1) is 6.92 Å². The summed E-state index contributed by atoms with van der Waals surface area (Å²) in [5.41, 5.74) is 8.01. The Morgan fingerprint density at radius 1 is 0.829 bits per heavy atom. The van der Waals surface area contributed by atoms with Crippen molar-refractivity contribution in [3.8, 4) is 5.75 Å². The van der Waals surface area contributed by atoms with Gasteiger partial charge in [-0.15, -0.1) is 0 Å². The highest BCUT2D eigenvalue weighted by Crippen LogP contribution is 2.23. The van der Waals surface area contributed by atoms with Crippen molar-refractivity contribution in [3.05, 3.63) is 94.0 Å². The minimum atomic E-state index is -0.521.